The van der Waals surface area contributed by atoms with Crippen molar-refractivity contribution in [3.63, 3.8) is 0 Å². The highest BCUT2D eigenvalue weighted by atomic mass is 79.9. The van der Waals surface area contributed by atoms with E-state index in [1.807, 2.05) is 18.2 Å². The van der Waals surface area contributed by atoms with Gasteiger partial charge < -0.3 is 4.74 Å². The zero-order chi connectivity index (χ0) is 10.4. The van der Waals surface area contributed by atoms with Crippen LogP contribution in [-0.2, 0) is 4.74 Å². The van der Waals surface area contributed by atoms with Crippen LogP contribution in [0.15, 0.2) is 30.3 Å². The largest absolute Gasteiger partial charge is 0.370 e. The fourth-order valence-corrected chi connectivity index (χ4v) is 1.77. The van der Waals surface area contributed by atoms with Crippen molar-refractivity contribution in [3.05, 3.63) is 35.9 Å². The van der Waals surface area contributed by atoms with Crippen LogP contribution in [0.2, 0.25) is 0 Å². The molecule has 0 spiro atoms. The molecule has 0 heterocycles. The average molecular weight is 257 g/mol. The number of alkyl halides is 1. The van der Waals surface area contributed by atoms with Crippen molar-refractivity contribution in [1.29, 1.82) is 0 Å². The average Bonchev–Trinajstić information content (AvgIpc) is 2.26. The summed E-state index contributed by atoms with van der Waals surface area (Å²) in [7, 11) is 0. The Morgan fingerprint density at radius 1 is 1.29 bits per heavy atom. The number of rotatable bonds is 5. The lowest BCUT2D eigenvalue weighted by Crippen LogP contribution is -2.13. The molecule has 0 aliphatic carbocycles. The fraction of sp³-hybridized carbons (Fsp3) is 0.500. The van der Waals surface area contributed by atoms with Crippen LogP contribution in [0.4, 0.5) is 0 Å². The third-order valence-electron chi connectivity index (χ3n) is 2.28. The third kappa shape index (κ3) is 3.43. The SMILES string of the molecule is CCC(C)OC(CBr)c1ccccc1. The van der Waals surface area contributed by atoms with Crippen molar-refractivity contribution in [2.24, 2.45) is 0 Å². The van der Waals surface area contributed by atoms with Crippen molar-refractivity contribution in [2.75, 3.05) is 5.33 Å². The van der Waals surface area contributed by atoms with Gasteiger partial charge in [-0.2, -0.15) is 0 Å². The molecule has 0 saturated carbocycles. The van der Waals surface area contributed by atoms with Crippen LogP contribution in [-0.4, -0.2) is 11.4 Å². The van der Waals surface area contributed by atoms with E-state index < -0.39 is 0 Å². The molecule has 1 rings (SSSR count). The molecular formula is C12H17BrO. The fourth-order valence-electron chi connectivity index (χ4n) is 1.25. The molecule has 2 unspecified atom stereocenters. The van der Waals surface area contributed by atoms with Gasteiger partial charge in [-0.25, -0.2) is 0 Å². The van der Waals surface area contributed by atoms with Crippen molar-refractivity contribution < 1.29 is 4.74 Å². The van der Waals surface area contributed by atoms with E-state index in [1.54, 1.807) is 0 Å². The second-order valence-corrected chi connectivity index (χ2v) is 4.06. The van der Waals surface area contributed by atoms with E-state index in [0.29, 0.717) is 6.10 Å². The minimum atomic E-state index is 0.172. The highest BCUT2D eigenvalue weighted by Crippen LogP contribution is 2.21. The first-order valence-electron chi connectivity index (χ1n) is 5.04. The quantitative estimate of drug-likeness (QED) is 0.726. The molecule has 0 saturated heterocycles. The summed E-state index contributed by atoms with van der Waals surface area (Å²) < 4.78 is 5.89. The van der Waals surface area contributed by atoms with E-state index in [9.17, 15) is 0 Å². The van der Waals surface area contributed by atoms with Gasteiger partial charge in [-0.3, -0.25) is 0 Å². The van der Waals surface area contributed by atoms with Gasteiger partial charge in [0, 0.05) is 5.33 Å². The Morgan fingerprint density at radius 3 is 2.43 bits per heavy atom. The number of hydrogen-bond donors (Lipinski definition) is 0. The number of hydrogen-bond acceptors (Lipinski definition) is 1. The topological polar surface area (TPSA) is 9.23 Å². The lowest BCUT2D eigenvalue weighted by atomic mass is 10.1. The van der Waals surface area contributed by atoms with Gasteiger partial charge in [0.1, 0.15) is 0 Å². The zero-order valence-corrected chi connectivity index (χ0v) is 10.3. The van der Waals surface area contributed by atoms with E-state index in [-0.39, 0.29) is 6.10 Å². The highest BCUT2D eigenvalue weighted by molar-refractivity contribution is 9.09. The molecule has 0 bridgehead atoms. The van der Waals surface area contributed by atoms with Crippen LogP contribution < -0.4 is 0 Å². The summed E-state index contributed by atoms with van der Waals surface area (Å²) in [4.78, 5) is 0. The minimum Gasteiger partial charge on any atom is -0.370 e. The summed E-state index contributed by atoms with van der Waals surface area (Å²) >= 11 is 3.49. The molecule has 1 aromatic carbocycles. The van der Waals surface area contributed by atoms with Crippen LogP contribution in [0, 0.1) is 0 Å². The van der Waals surface area contributed by atoms with E-state index in [1.165, 1.54) is 5.56 Å². The van der Waals surface area contributed by atoms with E-state index >= 15 is 0 Å². The smallest absolute Gasteiger partial charge is 0.0925 e. The van der Waals surface area contributed by atoms with Gasteiger partial charge in [0.2, 0.25) is 0 Å². The highest BCUT2D eigenvalue weighted by Gasteiger charge is 2.12. The van der Waals surface area contributed by atoms with Gasteiger partial charge in [0.15, 0.2) is 0 Å². The number of halogens is 1. The molecule has 0 fully saturated rings. The molecule has 0 aliphatic rings. The summed E-state index contributed by atoms with van der Waals surface area (Å²) in [6.07, 6.45) is 1.54. The van der Waals surface area contributed by atoms with Crippen molar-refractivity contribution >= 4 is 15.9 Å². The predicted molar refractivity (Wildman–Crippen MR) is 63.8 cm³/mol. The zero-order valence-electron chi connectivity index (χ0n) is 8.74. The summed E-state index contributed by atoms with van der Waals surface area (Å²) in [5.41, 5.74) is 1.24. The molecule has 14 heavy (non-hydrogen) atoms. The van der Waals surface area contributed by atoms with E-state index in [4.69, 9.17) is 4.74 Å². The Labute approximate surface area is 94.6 Å². The first kappa shape index (κ1) is 11.7. The molecule has 0 N–H and O–H groups in total. The maximum atomic E-state index is 5.89. The lowest BCUT2D eigenvalue weighted by molar-refractivity contribution is 0.00885. The van der Waals surface area contributed by atoms with E-state index in [2.05, 4.69) is 41.9 Å². The molecule has 0 amide bonds. The van der Waals surface area contributed by atoms with Gasteiger partial charge >= 0.3 is 0 Å². The molecule has 2 atom stereocenters. The second kappa shape index (κ2) is 6.20. The van der Waals surface area contributed by atoms with Crippen molar-refractivity contribution in [2.45, 2.75) is 32.5 Å². The van der Waals surface area contributed by atoms with Crippen molar-refractivity contribution in [1.82, 2.24) is 0 Å². The molecular weight excluding hydrogens is 240 g/mol. The first-order valence-corrected chi connectivity index (χ1v) is 6.16. The Kier molecular flexibility index (Phi) is 5.20. The van der Waals surface area contributed by atoms with Gasteiger partial charge in [0.05, 0.1) is 12.2 Å². The lowest BCUT2D eigenvalue weighted by Gasteiger charge is -2.20. The Bertz CT molecular complexity index is 248. The van der Waals surface area contributed by atoms with Crippen LogP contribution >= 0.6 is 15.9 Å². The molecule has 0 aliphatic heterocycles. The van der Waals surface area contributed by atoms with E-state index in [0.717, 1.165) is 11.8 Å². The Balaban J connectivity index is 2.63. The van der Waals surface area contributed by atoms with Crippen LogP contribution in [0.3, 0.4) is 0 Å². The van der Waals surface area contributed by atoms with Crippen molar-refractivity contribution in [3.8, 4) is 0 Å². The van der Waals surface area contributed by atoms with Gasteiger partial charge in [-0.05, 0) is 18.9 Å². The summed E-state index contributed by atoms with van der Waals surface area (Å²) in [6, 6.07) is 10.3. The van der Waals surface area contributed by atoms with Gasteiger partial charge in [0.25, 0.3) is 0 Å². The Hall–Kier alpha value is -0.340. The third-order valence-corrected chi connectivity index (χ3v) is 2.87. The van der Waals surface area contributed by atoms with Crippen LogP contribution in [0.1, 0.15) is 31.9 Å². The Morgan fingerprint density at radius 2 is 1.93 bits per heavy atom. The number of ether oxygens (including phenoxy) is 1. The monoisotopic (exact) mass is 256 g/mol. The summed E-state index contributed by atoms with van der Waals surface area (Å²) in [5, 5.41) is 0.849. The molecule has 1 nitrogen and oxygen atoms in total. The summed E-state index contributed by atoms with van der Waals surface area (Å²) in [5.74, 6) is 0. The molecule has 1 aromatic rings. The van der Waals surface area contributed by atoms with Gasteiger partial charge in [-0.1, -0.05) is 53.2 Å². The second-order valence-electron chi connectivity index (χ2n) is 3.41. The predicted octanol–water partition coefficient (Wildman–Crippen LogP) is 3.94. The molecule has 78 valence electrons. The number of benzene rings is 1. The molecule has 0 radical (unpaired) electrons. The van der Waals surface area contributed by atoms with Crippen LogP contribution in [0.5, 0.6) is 0 Å². The van der Waals surface area contributed by atoms with Gasteiger partial charge in [-0.15, -0.1) is 0 Å². The standard InChI is InChI=1S/C12H17BrO/c1-3-10(2)14-12(9-13)11-7-5-4-6-8-11/h4-8,10,12H,3,9H2,1-2H3. The first-order chi connectivity index (χ1) is 6.77. The molecule has 0 aromatic heterocycles. The maximum Gasteiger partial charge on any atom is 0.0925 e. The molecule has 2 heteroatoms. The van der Waals surface area contributed by atoms with Crippen LogP contribution in [0.25, 0.3) is 0 Å². The maximum absolute atomic E-state index is 5.89. The normalized spacial score (nSPS) is 15.1. The minimum absolute atomic E-state index is 0.172. The summed E-state index contributed by atoms with van der Waals surface area (Å²) in [6.45, 7) is 4.25.